The molecule has 0 bridgehead atoms. The summed E-state index contributed by atoms with van der Waals surface area (Å²) in [6, 6.07) is 8.30. The maximum atomic E-state index is 11.2. The second-order valence-electron chi connectivity index (χ2n) is 3.74. The summed E-state index contributed by atoms with van der Waals surface area (Å²) in [5, 5.41) is 2.99. The number of rotatable bonds is 1. The average molecular weight is 207 g/mol. The van der Waals surface area contributed by atoms with Crippen molar-refractivity contribution in [2.24, 2.45) is 0 Å². The Balaban J connectivity index is 2.30. The van der Waals surface area contributed by atoms with Gasteiger partial charge < -0.3 is 5.32 Å². The first-order chi connectivity index (χ1) is 6.60. The van der Waals surface area contributed by atoms with Crippen molar-refractivity contribution < 1.29 is 4.79 Å². The van der Waals surface area contributed by atoms with E-state index >= 15 is 0 Å². The fourth-order valence-electron chi connectivity index (χ4n) is 1.58. The lowest BCUT2D eigenvalue weighted by molar-refractivity contribution is -0.118. The second-order valence-corrected chi connectivity index (χ2v) is 5.13. The Kier molecular flexibility index (Phi) is 2.27. The van der Waals surface area contributed by atoms with Crippen molar-refractivity contribution in [2.75, 3.05) is 5.75 Å². The fraction of sp³-hybridized carbons (Fsp3) is 0.364. The second kappa shape index (κ2) is 3.31. The molecular weight excluding hydrogens is 194 g/mol. The highest BCUT2D eigenvalue weighted by Gasteiger charge is 2.35. The molecule has 1 aliphatic heterocycles. The van der Waals surface area contributed by atoms with Crippen LogP contribution in [0.15, 0.2) is 24.3 Å². The van der Waals surface area contributed by atoms with Gasteiger partial charge in [-0.1, -0.05) is 29.8 Å². The summed E-state index contributed by atoms with van der Waals surface area (Å²) < 4.78 is 0. The van der Waals surface area contributed by atoms with Crippen molar-refractivity contribution in [3.63, 3.8) is 0 Å². The van der Waals surface area contributed by atoms with E-state index in [0.29, 0.717) is 5.75 Å². The quantitative estimate of drug-likeness (QED) is 0.763. The standard InChI is InChI=1S/C11H13NOS/c1-8-3-5-9(6-4-8)11(2)12-10(13)7-14-11/h3-6H,7H2,1-2H3,(H,12,13)/t11-/m0/s1. The zero-order chi connectivity index (χ0) is 10.2. The van der Waals surface area contributed by atoms with E-state index in [1.54, 1.807) is 11.8 Å². The van der Waals surface area contributed by atoms with Crippen molar-refractivity contribution in [1.82, 2.24) is 5.32 Å². The molecule has 14 heavy (non-hydrogen) atoms. The van der Waals surface area contributed by atoms with Crippen LogP contribution in [0.25, 0.3) is 0 Å². The van der Waals surface area contributed by atoms with Gasteiger partial charge in [-0.05, 0) is 19.4 Å². The van der Waals surface area contributed by atoms with E-state index < -0.39 is 0 Å². The summed E-state index contributed by atoms with van der Waals surface area (Å²) >= 11 is 1.65. The number of nitrogens with one attached hydrogen (secondary N) is 1. The maximum absolute atomic E-state index is 11.2. The van der Waals surface area contributed by atoms with Crippen molar-refractivity contribution in [3.05, 3.63) is 35.4 Å². The lowest BCUT2D eigenvalue weighted by Crippen LogP contribution is -2.33. The first-order valence-corrected chi connectivity index (χ1v) is 5.61. The van der Waals surface area contributed by atoms with Gasteiger partial charge in [0.05, 0.1) is 5.75 Å². The number of thioether (sulfide) groups is 1. The van der Waals surface area contributed by atoms with Crippen molar-refractivity contribution in [2.45, 2.75) is 18.7 Å². The van der Waals surface area contributed by atoms with E-state index in [9.17, 15) is 4.79 Å². The van der Waals surface area contributed by atoms with Gasteiger partial charge in [0.1, 0.15) is 4.87 Å². The van der Waals surface area contributed by atoms with Crippen LogP contribution in [0.4, 0.5) is 0 Å². The summed E-state index contributed by atoms with van der Waals surface area (Å²) in [5.74, 6) is 0.683. The van der Waals surface area contributed by atoms with E-state index in [0.717, 1.165) is 0 Å². The molecule has 1 atom stereocenters. The number of aryl methyl sites for hydroxylation is 1. The van der Waals surface area contributed by atoms with Gasteiger partial charge in [-0.25, -0.2) is 0 Å². The molecule has 2 nitrogen and oxygen atoms in total. The summed E-state index contributed by atoms with van der Waals surface area (Å²) in [6.45, 7) is 4.11. The zero-order valence-electron chi connectivity index (χ0n) is 8.33. The van der Waals surface area contributed by atoms with Gasteiger partial charge in [0.15, 0.2) is 0 Å². The number of hydrogen-bond acceptors (Lipinski definition) is 2. The molecule has 1 heterocycles. The van der Waals surface area contributed by atoms with Gasteiger partial charge in [-0.3, -0.25) is 4.79 Å². The van der Waals surface area contributed by atoms with E-state index in [2.05, 4.69) is 36.5 Å². The number of carbonyl (C=O) groups excluding carboxylic acids is 1. The summed E-state index contributed by atoms with van der Waals surface area (Å²) in [4.78, 5) is 10.9. The number of amides is 1. The highest BCUT2D eigenvalue weighted by molar-refractivity contribution is 8.01. The Bertz CT molecular complexity index is 360. The smallest absolute Gasteiger partial charge is 0.231 e. The lowest BCUT2D eigenvalue weighted by atomic mass is 10.1. The Morgan fingerprint density at radius 3 is 2.50 bits per heavy atom. The number of hydrogen-bond donors (Lipinski definition) is 1. The molecule has 1 aliphatic rings. The topological polar surface area (TPSA) is 29.1 Å². The van der Waals surface area contributed by atoms with Crippen LogP contribution in [0.3, 0.4) is 0 Å². The van der Waals surface area contributed by atoms with Crippen molar-refractivity contribution >= 4 is 17.7 Å². The highest BCUT2D eigenvalue weighted by Crippen LogP contribution is 2.37. The third-order valence-electron chi connectivity index (χ3n) is 2.47. The lowest BCUT2D eigenvalue weighted by Gasteiger charge is -2.23. The van der Waals surface area contributed by atoms with Crippen LogP contribution in [0.2, 0.25) is 0 Å². The Labute approximate surface area is 88.1 Å². The molecule has 0 saturated carbocycles. The van der Waals surface area contributed by atoms with Crippen LogP contribution in [0.5, 0.6) is 0 Å². The molecule has 0 radical (unpaired) electrons. The predicted molar refractivity (Wildman–Crippen MR) is 59.1 cm³/mol. The molecule has 2 rings (SSSR count). The minimum atomic E-state index is -0.231. The average Bonchev–Trinajstić information content (AvgIpc) is 2.48. The minimum Gasteiger partial charge on any atom is -0.337 e. The molecule has 0 unspecified atom stereocenters. The molecule has 0 aromatic heterocycles. The molecule has 74 valence electrons. The minimum absolute atomic E-state index is 0.123. The Morgan fingerprint density at radius 1 is 1.36 bits per heavy atom. The molecule has 0 spiro atoms. The van der Waals surface area contributed by atoms with Gasteiger partial charge >= 0.3 is 0 Å². The van der Waals surface area contributed by atoms with E-state index in [1.807, 2.05) is 6.92 Å². The zero-order valence-corrected chi connectivity index (χ0v) is 9.15. The summed E-state index contributed by atoms with van der Waals surface area (Å²) in [7, 11) is 0. The monoisotopic (exact) mass is 207 g/mol. The van der Waals surface area contributed by atoms with Crippen LogP contribution in [0.1, 0.15) is 18.1 Å². The molecule has 1 saturated heterocycles. The number of carbonyl (C=O) groups is 1. The van der Waals surface area contributed by atoms with Crippen LogP contribution in [-0.4, -0.2) is 11.7 Å². The van der Waals surface area contributed by atoms with Gasteiger partial charge in [0.25, 0.3) is 0 Å². The third-order valence-corrected chi connectivity index (χ3v) is 3.79. The molecular formula is C11H13NOS. The molecule has 3 heteroatoms. The molecule has 1 fully saturated rings. The molecule has 1 N–H and O–H groups in total. The maximum Gasteiger partial charge on any atom is 0.231 e. The predicted octanol–water partition coefficient (Wildman–Crippen LogP) is 2.03. The largest absolute Gasteiger partial charge is 0.337 e. The number of benzene rings is 1. The first kappa shape index (κ1) is 9.59. The third kappa shape index (κ3) is 1.64. The Morgan fingerprint density at radius 2 is 2.00 bits per heavy atom. The fourth-order valence-corrected chi connectivity index (χ4v) is 2.56. The van der Waals surface area contributed by atoms with E-state index in [1.165, 1.54) is 11.1 Å². The normalized spacial score (nSPS) is 26.3. The Hall–Kier alpha value is -0.960. The van der Waals surface area contributed by atoms with Gasteiger partial charge in [-0.15, -0.1) is 11.8 Å². The summed E-state index contributed by atoms with van der Waals surface area (Å²) in [6.07, 6.45) is 0. The van der Waals surface area contributed by atoms with Crippen molar-refractivity contribution in [1.29, 1.82) is 0 Å². The molecule has 1 aromatic rings. The van der Waals surface area contributed by atoms with Crippen molar-refractivity contribution in [3.8, 4) is 0 Å². The first-order valence-electron chi connectivity index (χ1n) is 4.62. The summed E-state index contributed by atoms with van der Waals surface area (Å²) in [5.41, 5.74) is 2.41. The molecule has 1 amide bonds. The van der Waals surface area contributed by atoms with E-state index in [-0.39, 0.29) is 10.8 Å². The van der Waals surface area contributed by atoms with Crippen LogP contribution in [-0.2, 0) is 9.67 Å². The van der Waals surface area contributed by atoms with Gasteiger partial charge in [-0.2, -0.15) is 0 Å². The highest BCUT2D eigenvalue weighted by atomic mass is 32.2. The molecule has 1 aromatic carbocycles. The van der Waals surface area contributed by atoms with Gasteiger partial charge in [0, 0.05) is 0 Å². The van der Waals surface area contributed by atoms with Crippen LogP contribution < -0.4 is 5.32 Å². The SMILES string of the molecule is Cc1ccc([C@@]2(C)NC(=O)CS2)cc1. The van der Waals surface area contributed by atoms with Crippen LogP contribution >= 0.6 is 11.8 Å². The van der Waals surface area contributed by atoms with Gasteiger partial charge in [0.2, 0.25) is 5.91 Å². The van der Waals surface area contributed by atoms with Crippen LogP contribution in [0, 0.1) is 6.92 Å². The molecule has 0 aliphatic carbocycles. The van der Waals surface area contributed by atoms with E-state index in [4.69, 9.17) is 0 Å².